The molecule has 1 aliphatic rings. The fraction of sp³-hybridized carbons (Fsp3) is 0.421. The number of nitro groups is 1. The van der Waals surface area contributed by atoms with E-state index < -0.39 is 10.9 Å². The summed E-state index contributed by atoms with van der Waals surface area (Å²) in [7, 11) is 1.24. The summed E-state index contributed by atoms with van der Waals surface area (Å²) in [4.78, 5) is 41.1. The van der Waals surface area contributed by atoms with Crippen molar-refractivity contribution in [1.82, 2.24) is 9.88 Å². The van der Waals surface area contributed by atoms with Crippen molar-refractivity contribution in [3.8, 4) is 0 Å². The van der Waals surface area contributed by atoms with Crippen molar-refractivity contribution in [3.63, 3.8) is 0 Å². The summed E-state index contributed by atoms with van der Waals surface area (Å²) >= 11 is 5.86. The third-order valence-corrected chi connectivity index (χ3v) is 5.24. The minimum absolute atomic E-state index is 0.0145. The minimum Gasteiger partial charge on any atom is -0.464 e. The molecule has 2 aromatic rings. The topological polar surface area (TPSA) is 116 Å². The Morgan fingerprint density at radius 3 is 2.72 bits per heavy atom. The van der Waals surface area contributed by atoms with Gasteiger partial charge in [0.1, 0.15) is 11.3 Å². The molecule has 154 valence electrons. The summed E-state index contributed by atoms with van der Waals surface area (Å²) < 4.78 is 9.96. The molecule has 29 heavy (non-hydrogen) atoms. The summed E-state index contributed by atoms with van der Waals surface area (Å²) in [5.41, 5.74) is -0.155. The van der Waals surface area contributed by atoms with Crippen LogP contribution in [0.1, 0.15) is 58.8 Å². The lowest BCUT2D eigenvalue weighted by Gasteiger charge is -2.33. The van der Waals surface area contributed by atoms with Gasteiger partial charge in [0.15, 0.2) is 5.69 Å². The number of benzene rings is 1. The second-order valence-corrected chi connectivity index (χ2v) is 7.17. The zero-order valence-electron chi connectivity index (χ0n) is 15.8. The number of oxazole rings is 1. The molecule has 0 radical (unpaired) electrons. The highest BCUT2D eigenvalue weighted by Crippen LogP contribution is 2.29. The van der Waals surface area contributed by atoms with Gasteiger partial charge in [-0.1, -0.05) is 30.9 Å². The molecular weight excluding hydrogens is 402 g/mol. The van der Waals surface area contributed by atoms with E-state index in [0.29, 0.717) is 0 Å². The standard InChI is InChI=1S/C19H20ClN3O6/c1-28-19(25)15-11-29-17(21-15)10-22(13-5-3-2-4-6-13)18(24)12-7-8-14(20)16(9-12)23(26)27/h7-9,11,13H,2-6,10H2,1H3. The van der Waals surface area contributed by atoms with Crippen LogP contribution in [0.3, 0.4) is 0 Å². The highest BCUT2D eigenvalue weighted by atomic mass is 35.5. The first kappa shape index (κ1) is 20.8. The van der Waals surface area contributed by atoms with Gasteiger partial charge in [-0.25, -0.2) is 9.78 Å². The number of nitrogens with zero attached hydrogens (tertiary/aromatic N) is 3. The molecule has 9 nitrogen and oxygen atoms in total. The molecule has 0 N–H and O–H groups in total. The first-order valence-electron chi connectivity index (χ1n) is 9.18. The van der Waals surface area contributed by atoms with Crippen LogP contribution in [0.4, 0.5) is 5.69 Å². The van der Waals surface area contributed by atoms with E-state index in [2.05, 4.69) is 9.72 Å². The van der Waals surface area contributed by atoms with E-state index in [-0.39, 0.29) is 46.4 Å². The molecule has 1 aliphatic carbocycles. The van der Waals surface area contributed by atoms with Gasteiger partial charge in [-0.2, -0.15) is 0 Å². The first-order valence-corrected chi connectivity index (χ1v) is 9.56. The predicted molar refractivity (Wildman–Crippen MR) is 103 cm³/mol. The van der Waals surface area contributed by atoms with Crippen LogP contribution < -0.4 is 0 Å². The molecule has 1 aromatic heterocycles. The van der Waals surface area contributed by atoms with E-state index in [4.69, 9.17) is 16.0 Å². The van der Waals surface area contributed by atoms with Gasteiger partial charge >= 0.3 is 5.97 Å². The second-order valence-electron chi connectivity index (χ2n) is 6.77. The third kappa shape index (κ3) is 4.73. The molecule has 3 rings (SSSR count). The smallest absolute Gasteiger partial charge is 0.360 e. The number of ether oxygens (including phenoxy) is 1. The molecule has 1 fully saturated rings. The lowest BCUT2D eigenvalue weighted by atomic mass is 9.93. The van der Waals surface area contributed by atoms with Gasteiger partial charge in [0.25, 0.3) is 11.6 Å². The third-order valence-electron chi connectivity index (χ3n) is 4.92. The number of nitro benzene ring substituents is 1. The van der Waals surface area contributed by atoms with Gasteiger partial charge in [0.05, 0.1) is 18.6 Å². The first-order chi connectivity index (χ1) is 13.9. The Balaban J connectivity index is 1.90. The number of methoxy groups -OCH3 is 1. The van der Waals surface area contributed by atoms with E-state index in [0.717, 1.165) is 32.1 Å². The van der Waals surface area contributed by atoms with Crippen molar-refractivity contribution in [3.05, 3.63) is 56.7 Å². The molecule has 0 aliphatic heterocycles. The molecule has 1 saturated carbocycles. The second kappa shape index (κ2) is 9.04. The molecule has 0 unspecified atom stereocenters. The molecule has 10 heteroatoms. The average molecular weight is 422 g/mol. The minimum atomic E-state index is -0.635. The molecule has 0 spiro atoms. The number of hydrogen-bond donors (Lipinski definition) is 0. The van der Waals surface area contributed by atoms with Gasteiger partial charge in [-0.05, 0) is 25.0 Å². The molecule has 0 atom stereocenters. The maximum Gasteiger partial charge on any atom is 0.360 e. The van der Waals surface area contributed by atoms with Crippen LogP contribution in [-0.2, 0) is 11.3 Å². The largest absolute Gasteiger partial charge is 0.464 e. The van der Waals surface area contributed by atoms with Crippen LogP contribution in [0.15, 0.2) is 28.9 Å². The number of rotatable bonds is 6. The molecular formula is C19H20ClN3O6. The molecule has 0 saturated heterocycles. The number of aromatic nitrogens is 1. The van der Waals surface area contributed by atoms with Crippen molar-refractivity contribution >= 4 is 29.2 Å². The van der Waals surface area contributed by atoms with E-state index in [1.54, 1.807) is 4.90 Å². The summed E-state index contributed by atoms with van der Waals surface area (Å²) in [5, 5.41) is 11.1. The lowest BCUT2D eigenvalue weighted by molar-refractivity contribution is -0.384. The summed E-state index contributed by atoms with van der Waals surface area (Å²) in [6, 6.07) is 3.92. The maximum atomic E-state index is 13.2. The number of halogens is 1. The average Bonchev–Trinajstić information content (AvgIpc) is 3.20. The van der Waals surface area contributed by atoms with Crippen molar-refractivity contribution in [2.45, 2.75) is 44.7 Å². The van der Waals surface area contributed by atoms with E-state index >= 15 is 0 Å². The monoisotopic (exact) mass is 421 g/mol. The normalized spacial score (nSPS) is 14.4. The van der Waals surface area contributed by atoms with Crippen molar-refractivity contribution in [1.29, 1.82) is 0 Å². The Morgan fingerprint density at radius 2 is 2.07 bits per heavy atom. The van der Waals surface area contributed by atoms with Gasteiger partial charge in [0, 0.05) is 17.7 Å². The molecule has 1 amide bonds. The van der Waals surface area contributed by atoms with Crippen LogP contribution in [0, 0.1) is 10.1 Å². The summed E-state index contributed by atoms with van der Waals surface area (Å²) in [5.74, 6) is -0.828. The molecule has 0 bridgehead atoms. The van der Waals surface area contributed by atoms with E-state index in [1.807, 2.05) is 0 Å². The van der Waals surface area contributed by atoms with Crippen LogP contribution in [0.5, 0.6) is 0 Å². The summed E-state index contributed by atoms with van der Waals surface area (Å²) in [6.07, 6.45) is 5.86. The zero-order valence-corrected chi connectivity index (χ0v) is 16.6. The quantitative estimate of drug-likeness (QED) is 0.393. The van der Waals surface area contributed by atoms with E-state index in [1.165, 1.54) is 31.6 Å². The van der Waals surface area contributed by atoms with Crippen LogP contribution in [0.2, 0.25) is 5.02 Å². The Morgan fingerprint density at radius 1 is 1.34 bits per heavy atom. The Kier molecular flexibility index (Phi) is 6.48. The molecule has 1 heterocycles. The fourth-order valence-corrected chi connectivity index (χ4v) is 3.62. The Labute approximate surface area is 171 Å². The predicted octanol–water partition coefficient (Wildman–Crippen LogP) is 4.00. The van der Waals surface area contributed by atoms with Crippen molar-refractivity contribution in [2.75, 3.05) is 7.11 Å². The Bertz CT molecular complexity index is 922. The Hall–Kier alpha value is -2.94. The number of carbonyl (C=O) groups is 2. The maximum absolute atomic E-state index is 13.2. The van der Waals surface area contributed by atoms with Gasteiger partial charge < -0.3 is 14.1 Å². The van der Waals surface area contributed by atoms with E-state index in [9.17, 15) is 19.7 Å². The van der Waals surface area contributed by atoms with Crippen LogP contribution >= 0.6 is 11.6 Å². The highest BCUT2D eigenvalue weighted by Gasteiger charge is 2.29. The highest BCUT2D eigenvalue weighted by molar-refractivity contribution is 6.32. The number of amides is 1. The number of esters is 1. The SMILES string of the molecule is COC(=O)c1coc(CN(C(=O)c2ccc(Cl)c([N+](=O)[O-])c2)C2CCCCC2)n1. The number of carbonyl (C=O) groups excluding carboxylic acids is 2. The zero-order chi connectivity index (χ0) is 21.0. The van der Waals surface area contributed by atoms with Gasteiger partial charge in [-0.15, -0.1) is 0 Å². The van der Waals surface area contributed by atoms with Crippen LogP contribution in [-0.4, -0.2) is 39.8 Å². The van der Waals surface area contributed by atoms with Crippen LogP contribution in [0.25, 0.3) is 0 Å². The summed E-state index contributed by atoms with van der Waals surface area (Å²) in [6.45, 7) is 0.0386. The fourth-order valence-electron chi connectivity index (χ4n) is 3.44. The molecule has 1 aromatic carbocycles. The van der Waals surface area contributed by atoms with Crippen molar-refractivity contribution in [2.24, 2.45) is 0 Å². The van der Waals surface area contributed by atoms with Gasteiger partial charge in [0.2, 0.25) is 5.89 Å². The number of hydrogen-bond acceptors (Lipinski definition) is 7. The van der Waals surface area contributed by atoms with Gasteiger partial charge in [-0.3, -0.25) is 14.9 Å². The van der Waals surface area contributed by atoms with Crippen molar-refractivity contribution < 1.29 is 23.7 Å². The lowest BCUT2D eigenvalue weighted by Crippen LogP contribution is -2.41.